The third-order valence-electron chi connectivity index (χ3n) is 9.33. The molecule has 0 radical (unpaired) electrons. The smallest absolute Gasteiger partial charge is 0.306 e. The number of esters is 3. The van der Waals surface area contributed by atoms with E-state index in [1.54, 1.807) is 0 Å². The first kappa shape index (κ1) is 45.4. The van der Waals surface area contributed by atoms with Crippen molar-refractivity contribution in [2.75, 3.05) is 13.2 Å². The second-order valence-corrected chi connectivity index (χ2v) is 14.6. The second kappa shape index (κ2) is 34.3. The zero-order valence-corrected chi connectivity index (χ0v) is 31.9. The molecule has 0 amide bonds. The van der Waals surface area contributed by atoms with Gasteiger partial charge in [-0.25, -0.2) is 0 Å². The van der Waals surface area contributed by atoms with E-state index >= 15 is 0 Å². The van der Waals surface area contributed by atoms with Gasteiger partial charge in [-0.1, -0.05) is 176 Å². The summed E-state index contributed by atoms with van der Waals surface area (Å²) in [5.74, 6) is 0.748. The highest BCUT2D eigenvalue weighted by Gasteiger charge is 2.19. The van der Waals surface area contributed by atoms with Gasteiger partial charge in [0.1, 0.15) is 13.2 Å². The van der Waals surface area contributed by atoms with Crippen molar-refractivity contribution in [3.63, 3.8) is 0 Å². The summed E-state index contributed by atoms with van der Waals surface area (Å²) in [4.78, 5) is 37.4. The van der Waals surface area contributed by atoms with Crippen molar-refractivity contribution in [1.82, 2.24) is 0 Å². The van der Waals surface area contributed by atoms with Gasteiger partial charge in [0, 0.05) is 19.3 Å². The molecule has 278 valence electrons. The predicted octanol–water partition coefficient (Wildman–Crippen LogP) is 12.2. The number of rotatable bonds is 35. The van der Waals surface area contributed by atoms with Crippen LogP contribution in [0.4, 0.5) is 0 Å². The van der Waals surface area contributed by atoms with Crippen LogP contribution in [0.15, 0.2) is 0 Å². The zero-order chi connectivity index (χ0) is 34.8. The van der Waals surface area contributed by atoms with Gasteiger partial charge < -0.3 is 14.2 Å². The van der Waals surface area contributed by atoms with Gasteiger partial charge in [0.05, 0.1) is 0 Å². The Balaban J connectivity index is 4.31. The SMILES string of the molecule is CCCCCCCCCC(=O)O[C@H](COC(=O)CCCCCCCCCCCC(C)C)COC(=O)CCCCCCCCC(C)CC. The standard InChI is InChI=1S/C41H78O6/c1-6-8-9-10-14-23-28-33-41(44)47-38(35-46-40(43)32-27-22-18-17-20-25-30-37(5)7-2)34-45-39(42)31-26-21-16-13-11-12-15-19-24-29-36(3)4/h36-38H,6-35H2,1-5H3/t37?,38-/m1/s1. The minimum absolute atomic E-state index is 0.0671. The third-order valence-corrected chi connectivity index (χ3v) is 9.33. The predicted molar refractivity (Wildman–Crippen MR) is 196 cm³/mol. The molecule has 0 spiro atoms. The lowest BCUT2D eigenvalue weighted by Gasteiger charge is -2.18. The Morgan fingerprint density at radius 3 is 1.21 bits per heavy atom. The van der Waals surface area contributed by atoms with Crippen molar-refractivity contribution >= 4 is 17.9 Å². The Kier molecular flexibility index (Phi) is 33.1. The summed E-state index contributed by atoms with van der Waals surface area (Å²) in [7, 11) is 0. The van der Waals surface area contributed by atoms with E-state index in [1.165, 1.54) is 103 Å². The van der Waals surface area contributed by atoms with E-state index < -0.39 is 6.10 Å². The minimum Gasteiger partial charge on any atom is -0.462 e. The Morgan fingerprint density at radius 2 is 0.809 bits per heavy atom. The first-order valence-corrected chi connectivity index (χ1v) is 20.3. The Hall–Kier alpha value is -1.59. The maximum absolute atomic E-state index is 12.5. The lowest BCUT2D eigenvalue weighted by Crippen LogP contribution is -2.30. The fraction of sp³-hybridized carbons (Fsp3) is 0.927. The highest BCUT2D eigenvalue weighted by Crippen LogP contribution is 2.16. The molecule has 47 heavy (non-hydrogen) atoms. The van der Waals surface area contributed by atoms with Crippen molar-refractivity contribution in [2.24, 2.45) is 11.8 Å². The molecule has 0 saturated carbocycles. The van der Waals surface area contributed by atoms with Crippen molar-refractivity contribution in [2.45, 2.75) is 221 Å². The van der Waals surface area contributed by atoms with Crippen molar-refractivity contribution in [3.8, 4) is 0 Å². The largest absolute Gasteiger partial charge is 0.462 e. The molecule has 0 N–H and O–H groups in total. The molecule has 2 atom stereocenters. The van der Waals surface area contributed by atoms with Crippen LogP contribution in [0.25, 0.3) is 0 Å². The molecule has 0 aliphatic carbocycles. The third kappa shape index (κ3) is 34.1. The van der Waals surface area contributed by atoms with Crippen LogP contribution in [0.5, 0.6) is 0 Å². The molecule has 0 bridgehead atoms. The molecule has 0 fully saturated rings. The number of unbranched alkanes of at least 4 members (excludes halogenated alkanes) is 19. The Labute approximate surface area is 291 Å². The number of carbonyl (C=O) groups excluding carboxylic acids is 3. The van der Waals surface area contributed by atoms with Gasteiger partial charge in [0.15, 0.2) is 6.10 Å². The molecular formula is C41H78O6. The first-order chi connectivity index (χ1) is 22.8. The van der Waals surface area contributed by atoms with Gasteiger partial charge in [-0.05, 0) is 31.1 Å². The van der Waals surface area contributed by atoms with Crippen LogP contribution >= 0.6 is 0 Å². The van der Waals surface area contributed by atoms with Gasteiger partial charge in [-0.3, -0.25) is 14.4 Å². The van der Waals surface area contributed by atoms with E-state index in [0.717, 1.165) is 69.6 Å². The molecule has 0 aliphatic rings. The van der Waals surface area contributed by atoms with Crippen LogP contribution in [0.1, 0.15) is 214 Å². The fourth-order valence-electron chi connectivity index (χ4n) is 5.84. The van der Waals surface area contributed by atoms with Crippen LogP contribution in [-0.2, 0) is 28.6 Å². The molecule has 0 aromatic rings. The van der Waals surface area contributed by atoms with E-state index in [2.05, 4.69) is 34.6 Å². The summed E-state index contributed by atoms with van der Waals surface area (Å²) in [6.07, 6.45) is 29.6. The van der Waals surface area contributed by atoms with Crippen LogP contribution in [0.2, 0.25) is 0 Å². The molecule has 6 heteroatoms. The molecule has 0 saturated heterocycles. The van der Waals surface area contributed by atoms with Gasteiger partial charge in [-0.2, -0.15) is 0 Å². The Morgan fingerprint density at radius 1 is 0.447 bits per heavy atom. The molecule has 0 aliphatic heterocycles. The number of carbonyl (C=O) groups is 3. The Bertz CT molecular complexity index is 721. The summed E-state index contributed by atoms with van der Waals surface area (Å²) in [6.45, 7) is 11.2. The van der Waals surface area contributed by atoms with E-state index in [4.69, 9.17) is 14.2 Å². The average molecular weight is 667 g/mol. The summed E-state index contributed by atoms with van der Waals surface area (Å²) < 4.78 is 16.6. The van der Waals surface area contributed by atoms with Gasteiger partial charge >= 0.3 is 17.9 Å². The molecule has 0 rings (SSSR count). The summed E-state index contributed by atoms with van der Waals surface area (Å²) in [5.41, 5.74) is 0. The van der Waals surface area contributed by atoms with Crippen LogP contribution in [0.3, 0.4) is 0 Å². The van der Waals surface area contributed by atoms with E-state index in [9.17, 15) is 14.4 Å². The minimum atomic E-state index is -0.758. The number of hydrogen-bond donors (Lipinski definition) is 0. The monoisotopic (exact) mass is 667 g/mol. The van der Waals surface area contributed by atoms with E-state index in [1.807, 2.05) is 0 Å². The molecule has 1 unspecified atom stereocenters. The summed E-state index contributed by atoms with van der Waals surface area (Å²) >= 11 is 0. The van der Waals surface area contributed by atoms with Gasteiger partial charge in [0.2, 0.25) is 0 Å². The quantitative estimate of drug-likeness (QED) is 0.0380. The van der Waals surface area contributed by atoms with Gasteiger partial charge in [-0.15, -0.1) is 0 Å². The van der Waals surface area contributed by atoms with E-state index in [0.29, 0.717) is 19.3 Å². The van der Waals surface area contributed by atoms with E-state index in [-0.39, 0.29) is 31.1 Å². The molecule has 0 aromatic heterocycles. The highest BCUT2D eigenvalue weighted by atomic mass is 16.6. The highest BCUT2D eigenvalue weighted by molar-refractivity contribution is 5.71. The lowest BCUT2D eigenvalue weighted by atomic mass is 10.00. The number of ether oxygens (including phenoxy) is 3. The normalized spacial score (nSPS) is 12.6. The average Bonchev–Trinajstić information content (AvgIpc) is 3.05. The van der Waals surface area contributed by atoms with Crippen LogP contribution in [0, 0.1) is 11.8 Å². The maximum atomic E-state index is 12.5. The van der Waals surface area contributed by atoms with Crippen molar-refractivity contribution < 1.29 is 28.6 Å². The molecule has 0 heterocycles. The van der Waals surface area contributed by atoms with Crippen LogP contribution in [-0.4, -0.2) is 37.2 Å². The molecule has 6 nitrogen and oxygen atoms in total. The summed E-state index contributed by atoms with van der Waals surface area (Å²) in [6, 6.07) is 0. The van der Waals surface area contributed by atoms with Gasteiger partial charge in [0.25, 0.3) is 0 Å². The zero-order valence-electron chi connectivity index (χ0n) is 31.9. The molecular weight excluding hydrogens is 588 g/mol. The number of hydrogen-bond acceptors (Lipinski definition) is 6. The molecule has 0 aromatic carbocycles. The first-order valence-electron chi connectivity index (χ1n) is 20.3. The lowest BCUT2D eigenvalue weighted by molar-refractivity contribution is -0.167. The maximum Gasteiger partial charge on any atom is 0.306 e. The van der Waals surface area contributed by atoms with Crippen molar-refractivity contribution in [1.29, 1.82) is 0 Å². The van der Waals surface area contributed by atoms with Crippen LogP contribution < -0.4 is 0 Å². The topological polar surface area (TPSA) is 78.9 Å². The van der Waals surface area contributed by atoms with Crippen molar-refractivity contribution in [3.05, 3.63) is 0 Å². The second-order valence-electron chi connectivity index (χ2n) is 14.6. The summed E-state index contributed by atoms with van der Waals surface area (Å²) in [5, 5.41) is 0. The fourth-order valence-corrected chi connectivity index (χ4v) is 5.84.